The highest BCUT2D eigenvalue weighted by atomic mass is 32.2. The van der Waals surface area contributed by atoms with Crippen LogP contribution >= 0.6 is 11.8 Å². The maximum atomic E-state index is 11.4. The number of hydrogen-bond acceptors (Lipinski definition) is 4. The molecule has 0 atom stereocenters. The molecule has 0 aromatic heterocycles. The van der Waals surface area contributed by atoms with Crippen molar-refractivity contribution in [3.63, 3.8) is 0 Å². The van der Waals surface area contributed by atoms with Crippen LogP contribution in [0.1, 0.15) is 24.2 Å². The number of carbonyl (C=O) groups excluding carboxylic acids is 1. The van der Waals surface area contributed by atoms with E-state index in [0.29, 0.717) is 17.1 Å². The Hall–Kier alpha value is -1.16. The SMILES string of the molecule is CCOC(=O)c1ccc(O)c(SCC)c1. The lowest BCUT2D eigenvalue weighted by Crippen LogP contribution is -2.04. The van der Waals surface area contributed by atoms with Crippen LogP contribution in [0.25, 0.3) is 0 Å². The largest absolute Gasteiger partial charge is 0.507 e. The van der Waals surface area contributed by atoms with E-state index in [0.717, 1.165) is 5.75 Å². The van der Waals surface area contributed by atoms with E-state index < -0.39 is 0 Å². The molecule has 1 N–H and O–H groups in total. The number of phenols is 1. The van der Waals surface area contributed by atoms with Crippen molar-refractivity contribution in [1.29, 1.82) is 0 Å². The molecular weight excluding hydrogens is 212 g/mol. The van der Waals surface area contributed by atoms with E-state index >= 15 is 0 Å². The Morgan fingerprint density at radius 2 is 2.20 bits per heavy atom. The third-order valence-electron chi connectivity index (χ3n) is 1.77. The van der Waals surface area contributed by atoms with Crippen molar-refractivity contribution >= 4 is 17.7 Å². The van der Waals surface area contributed by atoms with Crippen molar-refractivity contribution in [3.05, 3.63) is 23.8 Å². The lowest BCUT2D eigenvalue weighted by molar-refractivity contribution is 0.0526. The van der Waals surface area contributed by atoms with E-state index in [9.17, 15) is 9.90 Å². The van der Waals surface area contributed by atoms with Crippen molar-refractivity contribution in [2.75, 3.05) is 12.4 Å². The van der Waals surface area contributed by atoms with Crippen molar-refractivity contribution < 1.29 is 14.6 Å². The average molecular weight is 226 g/mol. The highest BCUT2D eigenvalue weighted by molar-refractivity contribution is 7.99. The van der Waals surface area contributed by atoms with Crippen molar-refractivity contribution in [1.82, 2.24) is 0 Å². The first-order chi connectivity index (χ1) is 7.19. The topological polar surface area (TPSA) is 46.5 Å². The van der Waals surface area contributed by atoms with Gasteiger partial charge >= 0.3 is 5.97 Å². The number of ether oxygens (including phenoxy) is 1. The van der Waals surface area contributed by atoms with Crippen molar-refractivity contribution in [2.24, 2.45) is 0 Å². The van der Waals surface area contributed by atoms with Gasteiger partial charge in [0, 0.05) is 4.90 Å². The summed E-state index contributed by atoms with van der Waals surface area (Å²) in [5, 5.41) is 9.50. The van der Waals surface area contributed by atoms with Crippen LogP contribution in [0.15, 0.2) is 23.1 Å². The zero-order valence-corrected chi connectivity index (χ0v) is 9.63. The zero-order valence-electron chi connectivity index (χ0n) is 8.82. The Kier molecular flexibility index (Phi) is 4.49. The van der Waals surface area contributed by atoms with E-state index in [4.69, 9.17) is 4.74 Å². The molecule has 1 aromatic rings. The molecule has 0 heterocycles. The molecule has 0 aliphatic carbocycles. The van der Waals surface area contributed by atoms with Crippen LogP contribution in [-0.4, -0.2) is 23.4 Å². The minimum Gasteiger partial charge on any atom is -0.507 e. The normalized spacial score (nSPS) is 10.0. The fraction of sp³-hybridized carbons (Fsp3) is 0.364. The van der Waals surface area contributed by atoms with Gasteiger partial charge in [0.25, 0.3) is 0 Å². The minimum atomic E-state index is -0.351. The number of phenolic OH excluding ortho intramolecular Hbond substituents is 1. The van der Waals surface area contributed by atoms with Gasteiger partial charge in [-0.05, 0) is 30.9 Å². The summed E-state index contributed by atoms with van der Waals surface area (Å²) in [4.78, 5) is 12.1. The second-order valence-corrected chi connectivity index (χ2v) is 4.14. The van der Waals surface area contributed by atoms with E-state index in [2.05, 4.69) is 0 Å². The number of thioether (sulfide) groups is 1. The molecule has 0 aliphatic heterocycles. The van der Waals surface area contributed by atoms with Crippen LogP contribution in [0, 0.1) is 0 Å². The van der Waals surface area contributed by atoms with E-state index in [1.165, 1.54) is 17.8 Å². The Bertz CT molecular complexity index is 350. The molecule has 15 heavy (non-hydrogen) atoms. The summed E-state index contributed by atoms with van der Waals surface area (Å²) in [6.07, 6.45) is 0. The van der Waals surface area contributed by atoms with Gasteiger partial charge in [-0.1, -0.05) is 6.92 Å². The standard InChI is InChI=1S/C11H14O3S/c1-3-14-11(13)8-5-6-9(12)10(7-8)15-4-2/h5-7,12H,3-4H2,1-2H3. The fourth-order valence-corrected chi connectivity index (χ4v) is 1.86. The highest BCUT2D eigenvalue weighted by Crippen LogP contribution is 2.29. The number of aromatic hydroxyl groups is 1. The van der Waals surface area contributed by atoms with Gasteiger partial charge in [-0.25, -0.2) is 4.79 Å². The first kappa shape index (κ1) is 11.9. The molecule has 1 aromatic carbocycles. The molecule has 0 unspecified atom stereocenters. The first-order valence-electron chi connectivity index (χ1n) is 4.82. The van der Waals surface area contributed by atoms with Gasteiger partial charge in [-0.15, -0.1) is 11.8 Å². The van der Waals surface area contributed by atoms with Gasteiger partial charge in [-0.2, -0.15) is 0 Å². The van der Waals surface area contributed by atoms with E-state index in [1.54, 1.807) is 19.1 Å². The Morgan fingerprint density at radius 1 is 1.47 bits per heavy atom. The van der Waals surface area contributed by atoms with Gasteiger partial charge in [0.15, 0.2) is 0 Å². The molecule has 4 heteroatoms. The summed E-state index contributed by atoms with van der Waals surface area (Å²) >= 11 is 1.49. The van der Waals surface area contributed by atoms with Crippen LogP contribution in [-0.2, 0) is 4.74 Å². The van der Waals surface area contributed by atoms with Crippen molar-refractivity contribution in [3.8, 4) is 5.75 Å². The second-order valence-electron chi connectivity index (χ2n) is 2.84. The molecule has 0 fully saturated rings. The van der Waals surface area contributed by atoms with Gasteiger partial charge in [0.1, 0.15) is 5.75 Å². The molecule has 0 saturated heterocycles. The van der Waals surface area contributed by atoms with Crippen LogP contribution in [0.3, 0.4) is 0 Å². The third-order valence-corrected chi connectivity index (χ3v) is 2.70. The molecule has 0 radical (unpaired) electrons. The van der Waals surface area contributed by atoms with Crippen LogP contribution in [0.4, 0.5) is 0 Å². The van der Waals surface area contributed by atoms with Crippen LogP contribution in [0.2, 0.25) is 0 Å². The highest BCUT2D eigenvalue weighted by Gasteiger charge is 2.09. The van der Waals surface area contributed by atoms with Gasteiger partial charge in [0.2, 0.25) is 0 Å². The molecule has 3 nitrogen and oxygen atoms in total. The molecule has 0 spiro atoms. The average Bonchev–Trinajstić information content (AvgIpc) is 2.22. The van der Waals surface area contributed by atoms with E-state index in [-0.39, 0.29) is 11.7 Å². The molecule has 1 rings (SSSR count). The first-order valence-corrected chi connectivity index (χ1v) is 5.80. The predicted octanol–water partition coefficient (Wildman–Crippen LogP) is 2.68. The quantitative estimate of drug-likeness (QED) is 0.633. The lowest BCUT2D eigenvalue weighted by atomic mass is 10.2. The monoisotopic (exact) mass is 226 g/mol. The summed E-state index contributed by atoms with van der Waals surface area (Å²) in [6.45, 7) is 4.11. The number of carbonyl (C=O) groups is 1. The van der Waals surface area contributed by atoms with Crippen LogP contribution in [0.5, 0.6) is 5.75 Å². The summed E-state index contributed by atoms with van der Waals surface area (Å²) in [7, 11) is 0. The van der Waals surface area contributed by atoms with Gasteiger partial charge in [0.05, 0.1) is 12.2 Å². The zero-order chi connectivity index (χ0) is 11.3. The number of benzene rings is 1. The lowest BCUT2D eigenvalue weighted by Gasteiger charge is -2.05. The van der Waals surface area contributed by atoms with Crippen LogP contribution < -0.4 is 0 Å². The second kappa shape index (κ2) is 5.66. The molecule has 0 aliphatic rings. The smallest absolute Gasteiger partial charge is 0.338 e. The molecular formula is C11H14O3S. The predicted molar refractivity (Wildman–Crippen MR) is 60.5 cm³/mol. The summed E-state index contributed by atoms with van der Waals surface area (Å²) < 4.78 is 4.87. The van der Waals surface area contributed by atoms with Crippen molar-refractivity contribution in [2.45, 2.75) is 18.7 Å². The minimum absolute atomic E-state index is 0.204. The summed E-state index contributed by atoms with van der Waals surface area (Å²) in [6, 6.07) is 4.73. The Labute approximate surface area is 93.4 Å². The maximum absolute atomic E-state index is 11.4. The third kappa shape index (κ3) is 3.16. The molecule has 82 valence electrons. The molecule has 0 saturated carbocycles. The Balaban J connectivity index is 2.91. The molecule has 0 bridgehead atoms. The summed E-state index contributed by atoms with van der Waals surface area (Å²) in [5.41, 5.74) is 0.477. The van der Waals surface area contributed by atoms with Gasteiger partial charge in [-0.3, -0.25) is 0 Å². The number of rotatable bonds is 4. The Morgan fingerprint density at radius 3 is 2.80 bits per heavy atom. The number of esters is 1. The van der Waals surface area contributed by atoms with Gasteiger partial charge < -0.3 is 9.84 Å². The number of hydrogen-bond donors (Lipinski definition) is 1. The fourth-order valence-electron chi connectivity index (χ4n) is 1.13. The van der Waals surface area contributed by atoms with E-state index in [1.807, 2.05) is 6.92 Å². The summed E-state index contributed by atoms with van der Waals surface area (Å²) in [5.74, 6) is 0.699. The molecule has 0 amide bonds. The maximum Gasteiger partial charge on any atom is 0.338 e.